The monoisotopic (exact) mass is 476 g/mol. The fourth-order valence-electron chi connectivity index (χ4n) is 3.62. The van der Waals surface area contributed by atoms with E-state index in [4.69, 9.17) is 16.3 Å². The van der Waals surface area contributed by atoms with Crippen molar-refractivity contribution in [3.05, 3.63) is 68.9 Å². The number of sulfonamides is 1. The van der Waals surface area contributed by atoms with Gasteiger partial charge in [0, 0.05) is 22.9 Å². The fourth-order valence-corrected chi connectivity index (χ4v) is 5.75. The maximum absolute atomic E-state index is 13.0. The molecule has 0 radical (unpaired) electrons. The summed E-state index contributed by atoms with van der Waals surface area (Å²) in [7, 11) is -2.51. The van der Waals surface area contributed by atoms with Crippen molar-refractivity contribution in [3.63, 3.8) is 0 Å². The van der Waals surface area contributed by atoms with Crippen LogP contribution >= 0.6 is 22.9 Å². The highest BCUT2D eigenvalue weighted by Crippen LogP contribution is 2.34. The number of hydrogen-bond acceptors (Lipinski definition) is 5. The van der Waals surface area contributed by atoms with Crippen molar-refractivity contribution >= 4 is 50.2 Å². The first-order valence-electron chi connectivity index (χ1n) is 9.65. The highest BCUT2D eigenvalue weighted by molar-refractivity contribution is 7.92. The predicted molar refractivity (Wildman–Crippen MR) is 124 cm³/mol. The minimum absolute atomic E-state index is 0.0298. The molecule has 0 fully saturated rings. The van der Waals surface area contributed by atoms with E-state index in [0.29, 0.717) is 22.1 Å². The SMILES string of the molecule is COc1cc(C)c(Cl)cc1S(=O)(=O)Nc1ccc2c(c1)CCCN2C(=O)c1cccs1. The zero-order valence-corrected chi connectivity index (χ0v) is 19.4. The zero-order valence-electron chi connectivity index (χ0n) is 17.0. The Morgan fingerprint density at radius 1 is 1.23 bits per heavy atom. The molecule has 0 bridgehead atoms. The third-order valence-electron chi connectivity index (χ3n) is 5.16. The van der Waals surface area contributed by atoms with Crippen LogP contribution in [0.3, 0.4) is 0 Å². The molecule has 1 aliphatic rings. The van der Waals surface area contributed by atoms with Crippen molar-refractivity contribution in [3.8, 4) is 5.75 Å². The molecule has 1 N–H and O–H groups in total. The summed E-state index contributed by atoms with van der Waals surface area (Å²) in [6, 6.07) is 11.9. The van der Waals surface area contributed by atoms with Crippen molar-refractivity contribution in [2.75, 3.05) is 23.3 Å². The number of carbonyl (C=O) groups excluding carboxylic acids is 1. The highest BCUT2D eigenvalue weighted by Gasteiger charge is 2.26. The van der Waals surface area contributed by atoms with Crippen LogP contribution in [-0.2, 0) is 16.4 Å². The van der Waals surface area contributed by atoms with Gasteiger partial charge in [0.2, 0.25) is 0 Å². The number of thiophene rings is 1. The molecule has 162 valence electrons. The number of ether oxygens (including phenoxy) is 1. The molecule has 3 aromatic rings. The van der Waals surface area contributed by atoms with Gasteiger partial charge in [0.15, 0.2) is 0 Å². The Kier molecular flexibility index (Phi) is 5.96. The Morgan fingerprint density at radius 2 is 2.03 bits per heavy atom. The number of aryl methyl sites for hydroxylation is 2. The third kappa shape index (κ3) is 4.28. The largest absolute Gasteiger partial charge is 0.495 e. The molecule has 0 spiro atoms. The van der Waals surface area contributed by atoms with E-state index in [2.05, 4.69) is 4.72 Å². The molecule has 2 heterocycles. The van der Waals surface area contributed by atoms with Crippen LogP contribution < -0.4 is 14.4 Å². The van der Waals surface area contributed by atoms with Crippen molar-refractivity contribution in [2.24, 2.45) is 0 Å². The van der Waals surface area contributed by atoms with Crippen LogP contribution in [-0.4, -0.2) is 28.0 Å². The van der Waals surface area contributed by atoms with Crippen molar-refractivity contribution in [2.45, 2.75) is 24.7 Å². The Labute approximate surface area is 190 Å². The number of benzene rings is 2. The van der Waals surface area contributed by atoms with Crippen molar-refractivity contribution < 1.29 is 17.9 Å². The molecule has 31 heavy (non-hydrogen) atoms. The van der Waals surface area contributed by atoms with Crippen LogP contribution in [0, 0.1) is 6.92 Å². The molecule has 0 aliphatic carbocycles. The molecule has 0 unspecified atom stereocenters. The molecule has 0 atom stereocenters. The van der Waals surface area contributed by atoms with E-state index in [1.54, 1.807) is 36.1 Å². The number of methoxy groups -OCH3 is 1. The quantitative estimate of drug-likeness (QED) is 0.555. The van der Waals surface area contributed by atoms with Crippen LogP contribution in [0.5, 0.6) is 5.75 Å². The van der Waals surface area contributed by atoms with Gasteiger partial charge in [-0.1, -0.05) is 17.7 Å². The first-order valence-corrected chi connectivity index (χ1v) is 12.4. The fraction of sp³-hybridized carbons (Fsp3) is 0.227. The Balaban J connectivity index is 1.64. The number of nitrogens with one attached hydrogen (secondary N) is 1. The maximum atomic E-state index is 13.0. The molecular formula is C22H21ClN2O4S2. The summed E-state index contributed by atoms with van der Waals surface area (Å²) in [5, 5.41) is 2.22. The van der Waals surface area contributed by atoms with Gasteiger partial charge in [0.1, 0.15) is 10.6 Å². The van der Waals surface area contributed by atoms with Gasteiger partial charge in [0.25, 0.3) is 15.9 Å². The molecule has 6 nitrogen and oxygen atoms in total. The van der Waals surface area contributed by atoms with Gasteiger partial charge in [-0.2, -0.15) is 0 Å². The first kappa shape index (κ1) is 21.7. The van der Waals surface area contributed by atoms with E-state index < -0.39 is 10.0 Å². The maximum Gasteiger partial charge on any atom is 0.268 e. The van der Waals surface area contributed by atoms with Gasteiger partial charge >= 0.3 is 0 Å². The number of amides is 1. The lowest BCUT2D eigenvalue weighted by Crippen LogP contribution is -2.35. The number of rotatable bonds is 5. The Morgan fingerprint density at radius 3 is 2.74 bits per heavy atom. The van der Waals surface area contributed by atoms with Gasteiger partial charge in [-0.05, 0) is 72.7 Å². The Hall–Kier alpha value is -2.55. The standard InChI is InChI=1S/C22H21ClN2O4S2/c1-14-11-19(29-2)21(13-17(14)23)31(27,28)24-16-7-8-18-15(12-16)5-3-9-25(18)22(26)20-6-4-10-30-20/h4,6-8,10-13,24H,3,5,9H2,1-2H3. The van der Waals surface area contributed by atoms with Crippen LogP contribution in [0.4, 0.5) is 11.4 Å². The van der Waals surface area contributed by atoms with Crippen molar-refractivity contribution in [1.29, 1.82) is 0 Å². The van der Waals surface area contributed by atoms with E-state index in [0.717, 1.165) is 29.7 Å². The number of hydrogen-bond donors (Lipinski definition) is 1. The average molecular weight is 477 g/mol. The van der Waals surface area contributed by atoms with E-state index in [9.17, 15) is 13.2 Å². The van der Waals surface area contributed by atoms with E-state index in [1.807, 2.05) is 17.5 Å². The lowest BCUT2D eigenvalue weighted by molar-refractivity contribution is 0.0989. The van der Waals surface area contributed by atoms with Crippen LogP contribution in [0.25, 0.3) is 0 Å². The molecule has 0 saturated heterocycles. The smallest absolute Gasteiger partial charge is 0.268 e. The van der Waals surface area contributed by atoms with Gasteiger partial charge in [-0.15, -0.1) is 11.3 Å². The van der Waals surface area contributed by atoms with E-state index in [-0.39, 0.29) is 16.6 Å². The summed E-state index contributed by atoms with van der Waals surface area (Å²) >= 11 is 7.56. The summed E-state index contributed by atoms with van der Waals surface area (Å²) in [6.07, 6.45) is 1.57. The van der Waals surface area contributed by atoms with Crippen LogP contribution in [0.1, 0.15) is 27.2 Å². The minimum atomic E-state index is -3.93. The molecule has 9 heteroatoms. The number of nitrogens with zero attached hydrogens (tertiary/aromatic N) is 1. The summed E-state index contributed by atoms with van der Waals surface area (Å²) in [5.41, 5.74) is 2.87. The van der Waals surface area contributed by atoms with Crippen LogP contribution in [0.2, 0.25) is 5.02 Å². The molecule has 1 aromatic heterocycles. The van der Waals surface area contributed by atoms with Gasteiger partial charge in [0.05, 0.1) is 12.0 Å². The molecule has 4 rings (SSSR count). The topological polar surface area (TPSA) is 75.7 Å². The second-order valence-corrected chi connectivity index (χ2v) is 10.2. The second kappa shape index (κ2) is 8.53. The zero-order chi connectivity index (χ0) is 22.2. The lowest BCUT2D eigenvalue weighted by atomic mass is 10.0. The first-order chi connectivity index (χ1) is 14.8. The minimum Gasteiger partial charge on any atom is -0.495 e. The van der Waals surface area contributed by atoms with Crippen molar-refractivity contribution in [1.82, 2.24) is 0 Å². The molecule has 0 saturated carbocycles. The molecule has 1 amide bonds. The summed E-state index contributed by atoms with van der Waals surface area (Å²) in [6.45, 7) is 2.41. The van der Waals surface area contributed by atoms with E-state index in [1.165, 1.54) is 24.5 Å². The number of fused-ring (bicyclic) bond motifs is 1. The molecular weight excluding hydrogens is 456 g/mol. The Bertz CT molecular complexity index is 1240. The number of anilines is 2. The highest BCUT2D eigenvalue weighted by atomic mass is 35.5. The summed E-state index contributed by atoms with van der Waals surface area (Å²) in [4.78, 5) is 15.3. The summed E-state index contributed by atoms with van der Waals surface area (Å²) < 4.78 is 33.9. The molecule has 2 aromatic carbocycles. The molecule has 1 aliphatic heterocycles. The number of halogens is 1. The second-order valence-electron chi connectivity index (χ2n) is 7.24. The van der Waals surface area contributed by atoms with E-state index >= 15 is 0 Å². The number of carbonyl (C=O) groups is 1. The van der Waals surface area contributed by atoms with Gasteiger partial charge in [-0.3, -0.25) is 9.52 Å². The average Bonchev–Trinajstić information content (AvgIpc) is 3.28. The van der Waals surface area contributed by atoms with Crippen LogP contribution in [0.15, 0.2) is 52.7 Å². The normalized spacial score (nSPS) is 13.6. The third-order valence-corrected chi connectivity index (χ3v) is 7.83. The van der Waals surface area contributed by atoms with Gasteiger partial charge < -0.3 is 9.64 Å². The predicted octanol–water partition coefficient (Wildman–Crippen LogP) is 5.11. The lowest BCUT2D eigenvalue weighted by Gasteiger charge is -2.29. The van der Waals surface area contributed by atoms with Gasteiger partial charge in [-0.25, -0.2) is 8.42 Å². The summed E-state index contributed by atoms with van der Waals surface area (Å²) in [5.74, 6) is 0.184.